The smallest absolute Gasteiger partial charge is 0.111 e. The predicted octanol–water partition coefficient (Wildman–Crippen LogP) is -3.29. The van der Waals surface area contributed by atoms with Crippen LogP contribution >= 0.6 is 0 Å². The maximum atomic E-state index is 10.4. The fourth-order valence-corrected chi connectivity index (χ4v) is 4.12. The Morgan fingerprint density at radius 2 is 1.36 bits per heavy atom. The van der Waals surface area contributed by atoms with Crippen LogP contribution in [0.1, 0.15) is 26.7 Å². The molecule has 9 heteroatoms. The molecule has 2 aliphatic carbocycles. The number of rotatable bonds is 4. The van der Waals surface area contributed by atoms with Crippen LogP contribution in [0.25, 0.3) is 0 Å². The van der Waals surface area contributed by atoms with Gasteiger partial charge in [0.2, 0.25) is 0 Å². The minimum atomic E-state index is -1.61. The minimum Gasteiger partial charge on any atom is -0.396 e. The maximum Gasteiger partial charge on any atom is 0.111 e. The van der Waals surface area contributed by atoms with Crippen molar-refractivity contribution in [2.24, 2.45) is 11.8 Å². The molecule has 0 amide bonds. The average Bonchev–Trinajstić information content (AvgIpc) is 2.57. The molecule has 148 valence electrons. The lowest BCUT2D eigenvalue weighted by atomic mass is 9.71. The van der Waals surface area contributed by atoms with Crippen molar-refractivity contribution in [3.8, 4) is 0 Å². The molecule has 2 rings (SSSR count). The van der Waals surface area contributed by atoms with E-state index in [1.165, 1.54) is 13.8 Å². The second-order valence-electron chi connectivity index (χ2n) is 7.91. The highest BCUT2D eigenvalue weighted by Gasteiger charge is 2.55. The second kappa shape index (κ2) is 7.34. The van der Waals surface area contributed by atoms with Gasteiger partial charge in [-0.05, 0) is 26.7 Å². The van der Waals surface area contributed by atoms with Crippen molar-refractivity contribution < 1.29 is 45.6 Å². The second-order valence-corrected chi connectivity index (χ2v) is 7.91. The molecule has 10 unspecified atom stereocenters. The molecule has 0 bridgehead atoms. The zero-order chi connectivity index (χ0) is 19.2. The summed E-state index contributed by atoms with van der Waals surface area (Å²) in [5, 5.41) is 79.9. The lowest BCUT2D eigenvalue weighted by Gasteiger charge is -2.52. The molecule has 2 saturated carbocycles. The monoisotopic (exact) mass is 366 g/mol. The number of hydrogen-bond acceptors (Lipinski definition) is 9. The van der Waals surface area contributed by atoms with Gasteiger partial charge in [0.15, 0.2) is 0 Å². The van der Waals surface area contributed by atoms with Crippen LogP contribution in [0.3, 0.4) is 0 Å². The summed E-state index contributed by atoms with van der Waals surface area (Å²) >= 11 is 0. The van der Waals surface area contributed by atoms with Gasteiger partial charge in [-0.3, -0.25) is 0 Å². The van der Waals surface area contributed by atoms with Gasteiger partial charge in [0.25, 0.3) is 0 Å². The van der Waals surface area contributed by atoms with E-state index in [0.29, 0.717) is 0 Å². The zero-order valence-electron chi connectivity index (χ0n) is 14.4. The van der Waals surface area contributed by atoms with Gasteiger partial charge in [-0.2, -0.15) is 0 Å². The SMILES string of the molecule is CC1(O)CC(CO)C(OC2(C)CC(CO)C(O)C(O)C2O)C(O)C1O. The van der Waals surface area contributed by atoms with Crippen LogP contribution in [-0.4, -0.2) is 102 Å². The zero-order valence-corrected chi connectivity index (χ0v) is 14.4. The van der Waals surface area contributed by atoms with E-state index < -0.39 is 72.9 Å². The summed E-state index contributed by atoms with van der Waals surface area (Å²) in [4.78, 5) is 0. The summed E-state index contributed by atoms with van der Waals surface area (Å²) in [5.41, 5.74) is -3.05. The maximum absolute atomic E-state index is 10.4. The first-order valence-electron chi connectivity index (χ1n) is 8.50. The van der Waals surface area contributed by atoms with Crippen LogP contribution in [0.5, 0.6) is 0 Å². The van der Waals surface area contributed by atoms with E-state index in [1.807, 2.05) is 0 Å². The molecule has 8 N–H and O–H groups in total. The van der Waals surface area contributed by atoms with E-state index >= 15 is 0 Å². The Bertz CT molecular complexity index is 455. The average molecular weight is 366 g/mol. The summed E-state index contributed by atoms with van der Waals surface area (Å²) in [5.74, 6) is -1.46. The summed E-state index contributed by atoms with van der Waals surface area (Å²) in [6, 6.07) is 0. The summed E-state index contributed by atoms with van der Waals surface area (Å²) in [7, 11) is 0. The largest absolute Gasteiger partial charge is 0.396 e. The minimum absolute atomic E-state index is 0.00322. The van der Waals surface area contributed by atoms with Crippen LogP contribution < -0.4 is 0 Å². The van der Waals surface area contributed by atoms with Crippen molar-refractivity contribution in [1.82, 2.24) is 0 Å². The van der Waals surface area contributed by atoms with Crippen molar-refractivity contribution in [3.05, 3.63) is 0 Å². The van der Waals surface area contributed by atoms with Crippen molar-refractivity contribution in [3.63, 3.8) is 0 Å². The first kappa shape index (κ1) is 20.9. The van der Waals surface area contributed by atoms with E-state index in [2.05, 4.69) is 0 Å². The van der Waals surface area contributed by atoms with Gasteiger partial charge in [-0.15, -0.1) is 0 Å². The third-order valence-corrected chi connectivity index (χ3v) is 5.76. The van der Waals surface area contributed by atoms with Gasteiger partial charge < -0.3 is 45.6 Å². The standard InChI is InChI=1S/C16H30O9/c1-15(24)3-8(6-18)12(11(21)13(15)22)25-16(2)4-7(5-17)9(19)10(20)14(16)23/h7-14,17-24H,3-6H2,1-2H3. The Hall–Kier alpha value is -0.360. The van der Waals surface area contributed by atoms with Crippen molar-refractivity contribution in [2.45, 2.75) is 74.5 Å². The highest BCUT2D eigenvalue weighted by atomic mass is 16.5. The number of aliphatic hydroxyl groups is 8. The van der Waals surface area contributed by atoms with E-state index in [0.717, 1.165) is 0 Å². The molecule has 0 aromatic heterocycles. The predicted molar refractivity (Wildman–Crippen MR) is 84.3 cm³/mol. The summed E-state index contributed by atoms with van der Waals surface area (Å²) < 4.78 is 5.85. The fraction of sp³-hybridized carbons (Fsp3) is 1.00. The molecule has 9 nitrogen and oxygen atoms in total. The summed E-state index contributed by atoms with van der Waals surface area (Å²) in [6.07, 6.45) is -8.58. The molecule has 25 heavy (non-hydrogen) atoms. The molecule has 0 saturated heterocycles. The van der Waals surface area contributed by atoms with Crippen LogP contribution in [0.2, 0.25) is 0 Å². The number of ether oxygens (including phenoxy) is 1. The van der Waals surface area contributed by atoms with Gasteiger partial charge in [0.05, 0.1) is 23.4 Å². The highest BCUT2D eigenvalue weighted by Crippen LogP contribution is 2.41. The van der Waals surface area contributed by atoms with Crippen LogP contribution in [0, 0.1) is 11.8 Å². The highest BCUT2D eigenvalue weighted by molar-refractivity contribution is 5.05. The molecule has 2 fully saturated rings. The fourth-order valence-electron chi connectivity index (χ4n) is 4.12. The Kier molecular flexibility index (Phi) is 6.15. The molecule has 0 radical (unpaired) electrons. The number of aliphatic hydroxyl groups excluding tert-OH is 7. The van der Waals surface area contributed by atoms with E-state index in [9.17, 15) is 40.9 Å². The molecule has 0 spiro atoms. The number of hydrogen-bond donors (Lipinski definition) is 8. The molecule has 0 heterocycles. The quantitative estimate of drug-likeness (QED) is 0.254. The molecule has 2 aliphatic rings. The van der Waals surface area contributed by atoms with Gasteiger partial charge >= 0.3 is 0 Å². The Morgan fingerprint density at radius 3 is 1.88 bits per heavy atom. The Morgan fingerprint density at radius 1 is 0.800 bits per heavy atom. The molecular formula is C16H30O9. The topological polar surface area (TPSA) is 171 Å². The van der Waals surface area contributed by atoms with Gasteiger partial charge in [-0.1, -0.05) is 0 Å². The molecule has 0 aromatic rings. The first-order chi connectivity index (χ1) is 11.5. The van der Waals surface area contributed by atoms with Crippen molar-refractivity contribution in [1.29, 1.82) is 0 Å². The van der Waals surface area contributed by atoms with Gasteiger partial charge in [0, 0.05) is 25.0 Å². The summed E-state index contributed by atoms with van der Waals surface area (Å²) in [6.45, 7) is 1.96. The van der Waals surface area contributed by atoms with E-state index in [1.54, 1.807) is 0 Å². The van der Waals surface area contributed by atoms with Crippen LogP contribution in [0.15, 0.2) is 0 Å². The first-order valence-corrected chi connectivity index (χ1v) is 8.50. The van der Waals surface area contributed by atoms with Gasteiger partial charge in [-0.25, -0.2) is 0 Å². The van der Waals surface area contributed by atoms with Crippen molar-refractivity contribution in [2.75, 3.05) is 13.2 Å². The van der Waals surface area contributed by atoms with Gasteiger partial charge in [0.1, 0.15) is 24.4 Å². The van der Waals surface area contributed by atoms with Crippen molar-refractivity contribution >= 4 is 0 Å². The van der Waals surface area contributed by atoms with Crippen LogP contribution in [0.4, 0.5) is 0 Å². The molecular weight excluding hydrogens is 336 g/mol. The normalized spacial score (nSPS) is 54.5. The van der Waals surface area contributed by atoms with E-state index in [4.69, 9.17) is 4.74 Å². The lowest BCUT2D eigenvalue weighted by Crippen LogP contribution is -2.66. The molecule has 10 atom stereocenters. The Balaban J connectivity index is 2.25. The lowest BCUT2D eigenvalue weighted by molar-refractivity contribution is -0.282. The van der Waals surface area contributed by atoms with Crippen LogP contribution in [-0.2, 0) is 4.74 Å². The van der Waals surface area contributed by atoms with E-state index in [-0.39, 0.29) is 12.8 Å². The third kappa shape index (κ3) is 3.71. The third-order valence-electron chi connectivity index (χ3n) is 5.76. The Labute approximate surface area is 146 Å². The molecule has 0 aliphatic heterocycles. The molecule has 0 aromatic carbocycles.